The Bertz CT molecular complexity index is 995. The maximum Gasteiger partial charge on any atom is 0.307 e. The van der Waals surface area contributed by atoms with Crippen LogP contribution in [0.25, 0.3) is 0 Å². The zero-order valence-electron chi connectivity index (χ0n) is 30.8. The molecular weight excluding hydrogens is 612 g/mol. The Morgan fingerprint density at radius 2 is 1.02 bits per heavy atom. The molecule has 6 unspecified atom stereocenters. The summed E-state index contributed by atoms with van der Waals surface area (Å²) >= 11 is 0. The summed E-state index contributed by atoms with van der Waals surface area (Å²) in [4.78, 5) is 30.4. The minimum absolute atomic E-state index is 0.0288. The van der Waals surface area contributed by atoms with E-state index in [1.165, 1.54) is 141 Å². The minimum atomic E-state index is -0.776. The summed E-state index contributed by atoms with van der Waals surface area (Å²) in [6.45, 7) is 0.466. The van der Waals surface area contributed by atoms with Gasteiger partial charge in [-0.05, 0) is 145 Å². The number of carboxylic acid groups (broad SMARTS) is 1. The van der Waals surface area contributed by atoms with E-state index >= 15 is 0 Å². The molecule has 0 bridgehead atoms. The van der Waals surface area contributed by atoms with Crippen LogP contribution in [0.4, 0.5) is 0 Å². The lowest BCUT2D eigenvalue weighted by atomic mass is 9.69. The van der Waals surface area contributed by atoms with Gasteiger partial charge >= 0.3 is 5.97 Å². The molecule has 6 saturated carbocycles. The van der Waals surface area contributed by atoms with Crippen molar-refractivity contribution in [1.82, 2.24) is 10.6 Å². The molecule has 6 aliphatic carbocycles. The number of hydrogen-bond donors (Lipinski definition) is 4. The van der Waals surface area contributed by atoms with Gasteiger partial charge in [0.1, 0.15) is 0 Å². The summed E-state index contributed by atoms with van der Waals surface area (Å²) in [6.07, 6.45) is 33.5. The normalized spacial score (nSPS) is 38.6. The Morgan fingerprint density at radius 1 is 0.531 bits per heavy atom. The van der Waals surface area contributed by atoms with Crippen LogP contribution in [-0.4, -0.2) is 47.0 Å². The van der Waals surface area contributed by atoms with Crippen LogP contribution < -0.4 is 10.6 Å². The van der Waals surface area contributed by atoms with Gasteiger partial charge in [-0.15, -0.1) is 0 Å². The number of rotatable bonds is 13. The highest BCUT2D eigenvalue weighted by Crippen LogP contribution is 2.42. The number of amides is 1. The maximum atomic E-state index is 13.6. The molecule has 7 nitrogen and oxygen atoms in total. The second-order valence-corrected chi connectivity index (χ2v) is 18.4. The lowest BCUT2D eigenvalue weighted by molar-refractivity contribution is -0.254. The lowest BCUT2D eigenvalue weighted by Crippen LogP contribution is -2.48. The fraction of sp³-hybridized carbons (Fsp3) is 0.952. The Labute approximate surface area is 298 Å². The molecule has 6 atom stereocenters. The molecule has 6 fully saturated rings. The smallest absolute Gasteiger partial charge is 0.307 e. The number of hydrogen-bond acceptors (Lipinski definition) is 5. The summed E-state index contributed by atoms with van der Waals surface area (Å²) in [7, 11) is 0. The Morgan fingerprint density at radius 3 is 1.59 bits per heavy atom. The summed E-state index contributed by atoms with van der Waals surface area (Å²) < 4.78 is 0. The summed E-state index contributed by atoms with van der Waals surface area (Å²) in [5.41, 5.74) is 0. The van der Waals surface area contributed by atoms with Gasteiger partial charge in [0.15, 0.2) is 0 Å². The molecule has 0 aliphatic heterocycles. The van der Waals surface area contributed by atoms with Crippen LogP contribution in [0.15, 0.2) is 0 Å². The van der Waals surface area contributed by atoms with Crippen molar-refractivity contribution >= 4 is 11.9 Å². The van der Waals surface area contributed by atoms with Crippen molar-refractivity contribution in [2.24, 2.45) is 53.3 Å². The van der Waals surface area contributed by atoms with Gasteiger partial charge in [0.2, 0.25) is 5.91 Å². The summed E-state index contributed by atoms with van der Waals surface area (Å²) in [5.74, 6) is 3.45. The molecule has 0 aromatic heterocycles. The Balaban J connectivity index is 0.896. The molecule has 0 aromatic carbocycles. The van der Waals surface area contributed by atoms with E-state index in [0.717, 1.165) is 55.3 Å². The number of aliphatic carboxylic acids is 1. The first kappa shape index (κ1) is 37.6. The van der Waals surface area contributed by atoms with Crippen LogP contribution in [0.1, 0.15) is 173 Å². The average molecular weight is 685 g/mol. The zero-order chi connectivity index (χ0) is 34.0. The molecule has 0 radical (unpaired) electrons. The minimum Gasteiger partial charge on any atom is -0.481 e. The highest BCUT2D eigenvalue weighted by molar-refractivity contribution is 5.85. The number of nitrogens with one attached hydrogen (secondary N) is 2. The van der Waals surface area contributed by atoms with Crippen molar-refractivity contribution in [1.29, 1.82) is 0 Å². The molecule has 0 spiro atoms. The van der Waals surface area contributed by atoms with Gasteiger partial charge < -0.3 is 15.7 Å². The molecule has 0 saturated heterocycles. The topological polar surface area (TPSA) is 108 Å². The van der Waals surface area contributed by atoms with Crippen molar-refractivity contribution in [2.75, 3.05) is 6.61 Å². The molecule has 4 N–H and O–H groups in total. The molecule has 6 rings (SSSR count). The van der Waals surface area contributed by atoms with Crippen LogP contribution in [-0.2, 0) is 14.5 Å². The fourth-order valence-corrected chi connectivity index (χ4v) is 12.1. The van der Waals surface area contributed by atoms with Crippen molar-refractivity contribution in [2.45, 2.75) is 191 Å². The second-order valence-electron chi connectivity index (χ2n) is 18.4. The number of carboxylic acids is 1. The van der Waals surface area contributed by atoms with Gasteiger partial charge in [-0.1, -0.05) is 64.2 Å². The molecule has 0 aromatic rings. The van der Waals surface area contributed by atoms with Gasteiger partial charge in [-0.2, -0.15) is 0 Å². The van der Waals surface area contributed by atoms with Crippen LogP contribution in [0.2, 0.25) is 0 Å². The summed E-state index contributed by atoms with van der Waals surface area (Å²) in [5, 5.41) is 26.7. The van der Waals surface area contributed by atoms with E-state index in [4.69, 9.17) is 4.89 Å². The molecular formula is C42H72N2O5. The van der Waals surface area contributed by atoms with Gasteiger partial charge in [0.25, 0.3) is 0 Å². The third-order valence-corrected chi connectivity index (χ3v) is 14.9. The summed E-state index contributed by atoms with van der Waals surface area (Å²) in [6, 6.07) is 1.28. The highest BCUT2D eigenvalue weighted by atomic mass is 17.1. The number of carbonyl (C=O) groups excluding carboxylic acids is 1. The standard InChI is InChI=1S/C42H72N2O5/c45-41(39-26-33(16-22-38(39)42(46)47)24-29-7-3-1-4-8-29)44-37-20-14-32(15-21-37)23-31-12-18-36(19-13-31)43-40-27-34(11-17-35(40)28-49-48)25-30-9-5-2-6-10-30/h29-40,43,48H,1-28H2,(H,44,45)(H,46,47). The van der Waals surface area contributed by atoms with Crippen LogP contribution >= 0.6 is 0 Å². The van der Waals surface area contributed by atoms with Gasteiger partial charge in [-0.25, -0.2) is 4.89 Å². The molecule has 49 heavy (non-hydrogen) atoms. The zero-order valence-corrected chi connectivity index (χ0v) is 30.8. The SMILES string of the molecule is O=C(O)C1CCC(CC2CCCCC2)CC1C(=O)NC1CCC(CC2CCC(NC3CC(CC4CCCCC4)CCC3COO)CC2)CC1. The fourth-order valence-electron chi connectivity index (χ4n) is 12.1. The molecule has 6 aliphatic rings. The van der Waals surface area contributed by atoms with Crippen molar-refractivity contribution < 1.29 is 24.8 Å². The van der Waals surface area contributed by atoms with E-state index < -0.39 is 11.9 Å². The molecule has 1 amide bonds. The third-order valence-electron chi connectivity index (χ3n) is 14.9. The monoisotopic (exact) mass is 685 g/mol. The average Bonchev–Trinajstić information content (AvgIpc) is 3.12. The predicted molar refractivity (Wildman–Crippen MR) is 195 cm³/mol. The molecule has 0 heterocycles. The second kappa shape index (κ2) is 19.1. The quantitative estimate of drug-likeness (QED) is 0.114. The third kappa shape index (κ3) is 11.2. The van der Waals surface area contributed by atoms with Crippen molar-refractivity contribution in [3.8, 4) is 0 Å². The van der Waals surface area contributed by atoms with Crippen molar-refractivity contribution in [3.63, 3.8) is 0 Å². The molecule has 280 valence electrons. The highest BCUT2D eigenvalue weighted by Gasteiger charge is 2.41. The first-order valence-electron chi connectivity index (χ1n) is 21.5. The first-order chi connectivity index (χ1) is 23.9. The van der Waals surface area contributed by atoms with Crippen LogP contribution in [0, 0.1) is 53.3 Å². The lowest BCUT2D eigenvalue weighted by Gasteiger charge is -2.41. The van der Waals surface area contributed by atoms with Crippen molar-refractivity contribution in [3.05, 3.63) is 0 Å². The maximum absolute atomic E-state index is 13.6. The van der Waals surface area contributed by atoms with Crippen LogP contribution in [0.5, 0.6) is 0 Å². The predicted octanol–water partition coefficient (Wildman–Crippen LogP) is 9.53. The number of carbonyl (C=O) groups is 2. The Kier molecular flexibility index (Phi) is 14.6. The largest absolute Gasteiger partial charge is 0.481 e. The van der Waals surface area contributed by atoms with Gasteiger partial charge in [0, 0.05) is 24.0 Å². The first-order valence-corrected chi connectivity index (χ1v) is 21.5. The molecule has 7 heteroatoms. The van der Waals surface area contributed by atoms with E-state index in [-0.39, 0.29) is 17.9 Å². The van der Waals surface area contributed by atoms with E-state index in [1.54, 1.807) is 0 Å². The van der Waals surface area contributed by atoms with E-state index in [0.29, 0.717) is 36.9 Å². The van der Waals surface area contributed by atoms with E-state index in [1.807, 2.05) is 0 Å². The van der Waals surface area contributed by atoms with Crippen LogP contribution in [0.3, 0.4) is 0 Å². The van der Waals surface area contributed by atoms with E-state index in [2.05, 4.69) is 10.6 Å². The van der Waals surface area contributed by atoms with Gasteiger partial charge in [-0.3, -0.25) is 14.8 Å². The Hall–Kier alpha value is -1.18. The van der Waals surface area contributed by atoms with Gasteiger partial charge in [0.05, 0.1) is 18.4 Å². The van der Waals surface area contributed by atoms with E-state index in [9.17, 15) is 20.0 Å².